The highest BCUT2D eigenvalue weighted by atomic mass is 79.9. The molecule has 0 saturated heterocycles. The second kappa shape index (κ2) is 5.81. The van der Waals surface area contributed by atoms with Crippen LogP contribution in [-0.2, 0) is 0 Å². The number of hydrogen-bond acceptors (Lipinski definition) is 1. The Morgan fingerprint density at radius 2 is 1.82 bits per heavy atom. The van der Waals surface area contributed by atoms with Gasteiger partial charge < -0.3 is 0 Å². The number of hydrogen-bond donors (Lipinski definition) is 0. The third-order valence-electron chi connectivity index (χ3n) is 2.21. The van der Waals surface area contributed by atoms with Crippen LogP contribution in [0.3, 0.4) is 0 Å². The number of alkyl halides is 1. The number of thiophene rings is 1. The quantitative estimate of drug-likeness (QED) is 0.450. The minimum Gasteiger partial charge on any atom is -0.121 e. The summed E-state index contributed by atoms with van der Waals surface area (Å²) in [7, 11) is 0. The molecule has 0 amide bonds. The molecule has 0 fully saturated rings. The normalized spacial score (nSPS) is 12.8. The fourth-order valence-electron chi connectivity index (χ4n) is 1.41. The minimum atomic E-state index is -0.321. The fraction of sp³-hybridized carbons (Fsp3) is 0.0909. The molecule has 90 valence electrons. The molecule has 2 rings (SSSR count). The summed E-state index contributed by atoms with van der Waals surface area (Å²) < 4.78 is 2.00. The number of rotatable bonds is 2. The Labute approximate surface area is 135 Å². The summed E-state index contributed by atoms with van der Waals surface area (Å²) in [4.78, 5) is 0. The van der Waals surface area contributed by atoms with Crippen molar-refractivity contribution in [3.63, 3.8) is 0 Å². The van der Waals surface area contributed by atoms with E-state index >= 15 is 0 Å². The molecular formula is C11H5Br2Cl3S. The van der Waals surface area contributed by atoms with Crippen LogP contribution in [0.5, 0.6) is 0 Å². The summed E-state index contributed by atoms with van der Waals surface area (Å²) in [5.74, 6) is 0. The molecule has 6 heteroatoms. The zero-order valence-electron chi connectivity index (χ0n) is 8.18. The van der Waals surface area contributed by atoms with Gasteiger partial charge in [0, 0.05) is 5.56 Å². The van der Waals surface area contributed by atoms with Gasteiger partial charge in [-0.3, -0.25) is 0 Å². The third-order valence-corrected chi connectivity index (χ3v) is 5.90. The van der Waals surface area contributed by atoms with Crippen LogP contribution in [0.25, 0.3) is 0 Å². The van der Waals surface area contributed by atoms with Gasteiger partial charge in [0.05, 0.1) is 23.0 Å². The Bertz CT molecular complexity index is 554. The number of halogens is 5. The van der Waals surface area contributed by atoms with Gasteiger partial charge in [0.25, 0.3) is 0 Å². The monoisotopic (exact) mass is 432 g/mol. The largest absolute Gasteiger partial charge is 0.121 e. The number of benzene rings is 1. The first-order chi connectivity index (χ1) is 8.00. The molecule has 0 aliphatic rings. The van der Waals surface area contributed by atoms with Gasteiger partial charge >= 0.3 is 0 Å². The van der Waals surface area contributed by atoms with Crippen molar-refractivity contribution in [2.24, 2.45) is 0 Å². The van der Waals surface area contributed by atoms with Crippen LogP contribution in [0.1, 0.15) is 16.5 Å². The molecule has 1 aromatic heterocycles. The highest BCUT2D eigenvalue weighted by Crippen LogP contribution is 2.43. The van der Waals surface area contributed by atoms with Crippen LogP contribution in [-0.4, -0.2) is 0 Å². The van der Waals surface area contributed by atoms with E-state index in [9.17, 15) is 0 Å². The molecule has 1 aromatic carbocycles. The van der Waals surface area contributed by atoms with Crippen molar-refractivity contribution in [2.75, 3.05) is 0 Å². The van der Waals surface area contributed by atoms with Gasteiger partial charge in [0.2, 0.25) is 0 Å². The van der Waals surface area contributed by atoms with Gasteiger partial charge in [0.15, 0.2) is 0 Å². The molecule has 0 bridgehead atoms. The Hall–Kier alpha value is 0.750. The zero-order chi connectivity index (χ0) is 12.6. The van der Waals surface area contributed by atoms with Crippen molar-refractivity contribution in [1.82, 2.24) is 0 Å². The molecule has 0 aliphatic carbocycles. The lowest BCUT2D eigenvalue weighted by molar-refractivity contribution is 1.15. The molecule has 17 heavy (non-hydrogen) atoms. The van der Waals surface area contributed by atoms with Crippen LogP contribution >= 0.6 is 78.0 Å². The van der Waals surface area contributed by atoms with Crippen LogP contribution < -0.4 is 0 Å². The Balaban J connectivity index is 2.47. The lowest BCUT2D eigenvalue weighted by atomic mass is 10.1. The van der Waals surface area contributed by atoms with E-state index in [1.807, 2.05) is 18.2 Å². The van der Waals surface area contributed by atoms with Gasteiger partial charge in [-0.15, -0.1) is 22.9 Å². The molecule has 1 unspecified atom stereocenters. The highest BCUT2D eigenvalue weighted by Gasteiger charge is 2.20. The van der Waals surface area contributed by atoms with Gasteiger partial charge in [-0.05, 0) is 49.6 Å². The molecule has 1 heterocycles. The third kappa shape index (κ3) is 3.02. The first kappa shape index (κ1) is 14.2. The van der Waals surface area contributed by atoms with E-state index < -0.39 is 0 Å². The predicted octanol–water partition coefficient (Wildman–Crippen LogP) is 6.91. The second-order valence-corrected chi connectivity index (χ2v) is 8.26. The van der Waals surface area contributed by atoms with Gasteiger partial charge in [-0.2, -0.15) is 0 Å². The lowest BCUT2D eigenvalue weighted by Gasteiger charge is -2.11. The Kier molecular flexibility index (Phi) is 4.84. The summed E-state index contributed by atoms with van der Waals surface area (Å²) in [6.07, 6.45) is 0. The fourth-order valence-corrected chi connectivity index (χ4v) is 5.33. The van der Waals surface area contributed by atoms with Gasteiger partial charge in [-0.25, -0.2) is 0 Å². The van der Waals surface area contributed by atoms with E-state index in [-0.39, 0.29) is 5.38 Å². The van der Waals surface area contributed by atoms with E-state index in [4.69, 9.17) is 34.8 Å². The van der Waals surface area contributed by atoms with Crippen molar-refractivity contribution in [1.29, 1.82) is 0 Å². The molecule has 0 saturated carbocycles. The molecule has 0 aliphatic heterocycles. The summed E-state index contributed by atoms with van der Waals surface area (Å²) in [6.45, 7) is 0. The van der Waals surface area contributed by atoms with E-state index in [0.717, 1.165) is 18.7 Å². The van der Waals surface area contributed by atoms with Crippen molar-refractivity contribution >= 4 is 78.0 Å². The van der Waals surface area contributed by atoms with E-state index in [1.54, 1.807) is 17.4 Å². The van der Waals surface area contributed by atoms with Crippen LogP contribution in [0.2, 0.25) is 10.0 Å². The SMILES string of the molecule is Clc1cccc(C(Cl)c2cc(Br)sc2Br)c1Cl. The van der Waals surface area contributed by atoms with Crippen molar-refractivity contribution in [2.45, 2.75) is 5.38 Å². The molecule has 0 N–H and O–H groups in total. The van der Waals surface area contributed by atoms with Gasteiger partial charge in [-0.1, -0.05) is 35.3 Å². The summed E-state index contributed by atoms with van der Waals surface area (Å²) in [5.41, 5.74) is 1.79. The van der Waals surface area contributed by atoms with Crippen LogP contribution in [0.15, 0.2) is 31.8 Å². The zero-order valence-corrected chi connectivity index (χ0v) is 14.4. The summed E-state index contributed by atoms with van der Waals surface area (Å²) in [5, 5.41) is 0.696. The second-order valence-electron chi connectivity index (χ2n) is 3.29. The maximum atomic E-state index is 6.44. The van der Waals surface area contributed by atoms with Crippen molar-refractivity contribution < 1.29 is 0 Å². The summed E-state index contributed by atoms with van der Waals surface area (Å²) in [6, 6.07) is 7.44. The van der Waals surface area contributed by atoms with Crippen molar-refractivity contribution in [3.05, 3.63) is 53.0 Å². The molecule has 1 atom stereocenters. The molecule has 0 radical (unpaired) electrons. The first-order valence-corrected chi connectivity index (χ1v) is 8.13. The van der Waals surface area contributed by atoms with Crippen LogP contribution in [0.4, 0.5) is 0 Å². The highest BCUT2D eigenvalue weighted by molar-refractivity contribution is 9.12. The maximum Gasteiger partial charge on any atom is 0.0869 e. The van der Waals surface area contributed by atoms with Gasteiger partial charge in [0.1, 0.15) is 0 Å². The average Bonchev–Trinajstić information content (AvgIpc) is 2.61. The lowest BCUT2D eigenvalue weighted by Crippen LogP contribution is -1.93. The van der Waals surface area contributed by atoms with Crippen LogP contribution in [0, 0.1) is 0 Å². The van der Waals surface area contributed by atoms with Crippen molar-refractivity contribution in [3.8, 4) is 0 Å². The topological polar surface area (TPSA) is 0 Å². The Morgan fingerprint density at radius 1 is 1.12 bits per heavy atom. The van der Waals surface area contributed by atoms with E-state index in [1.165, 1.54) is 0 Å². The average molecular weight is 435 g/mol. The maximum absolute atomic E-state index is 6.44. The summed E-state index contributed by atoms with van der Waals surface area (Å²) >= 11 is 27.1. The Morgan fingerprint density at radius 3 is 2.41 bits per heavy atom. The molecule has 0 nitrogen and oxygen atoms in total. The molecular weight excluding hydrogens is 430 g/mol. The smallest absolute Gasteiger partial charge is 0.0869 e. The first-order valence-electron chi connectivity index (χ1n) is 4.53. The minimum absolute atomic E-state index is 0.321. The predicted molar refractivity (Wildman–Crippen MR) is 83.9 cm³/mol. The van der Waals surface area contributed by atoms with E-state index in [0.29, 0.717) is 10.0 Å². The standard InChI is InChI=1S/C11H5Br2Cl3S/c12-8-4-6(11(13)17-8)9(15)5-2-1-3-7(14)10(5)16/h1-4,9H. The molecule has 0 spiro atoms. The van der Waals surface area contributed by atoms with E-state index in [2.05, 4.69) is 31.9 Å². The molecule has 2 aromatic rings.